The van der Waals surface area contributed by atoms with E-state index in [1.165, 1.54) is 0 Å². The summed E-state index contributed by atoms with van der Waals surface area (Å²) in [4.78, 5) is 21.5. The van der Waals surface area contributed by atoms with Crippen LogP contribution in [0.1, 0.15) is 54.8 Å². The number of carbonyl (C=O) groups excluding carboxylic acids is 1. The van der Waals surface area contributed by atoms with E-state index in [1.807, 2.05) is 18.7 Å². The van der Waals surface area contributed by atoms with Gasteiger partial charge in [-0.25, -0.2) is 0 Å². The number of rotatable bonds is 6. The van der Waals surface area contributed by atoms with Gasteiger partial charge in [0.1, 0.15) is 0 Å². The topological polar surface area (TPSA) is 80.9 Å². The predicted molar refractivity (Wildman–Crippen MR) is 104 cm³/mol. The Bertz CT molecular complexity index is 812. The van der Waals surface area contributed by atoms with E-state index in [4.69, 9.17) is 14.0 Å². The van der Waals surface area contributed by atoms with Crippen LogP contribution in [0.25, 0.3) is 0 Å². The second kappa shape index (κ2) is 8.60. The Morgan fingerprint density at radius 1 is 1.07 bits per heavy atom. The molecule has 1 aromatic heterocycles. The van der Waals surface area contributed by atoms with E-state index in [1.54, 1.807) is 32.4 Å². The van der Waals surface area contributed by atoms with Crippen LogP contribution in [0.15, 0.2) is 22.7 Å². The third-order valence-electron chi connectivity index (χ3n) is 5.11. The highest BCUT2D eigenvalue weighted by Crippen LogP contribution is 2.28. The molecule has 1 saturated heterocycles. The monoisotopic (exact) mass is 388 g/mol. The molecular weight excluding hydrogens is 360 g/mol. The van der Waals surface area contributed by atoms with Crippen LogP contribution in [-0.2, 0) is 0 Å². The Labute approximate surface area is 165 Å². The van der Waals surface area contributed by atoms with Crippen molar-refractivity contribution in [2.24, 2.45) is 0 Å². The minimum Gasteiger partial charge on any atom is -0.493 e. The first-order valence-corrected chi connectivity index (χ1v) is 9.53. The maximum atomic E-state index is 12.9. The third kappa shape index (κ3) is 4.11. The molecule has 0 aliphatic carbocycles. The Morgan fingerprint density at radius 3 is 2.32 bits per heavy atom. The van der Waals surface area contributed by atoms with Gasteiger partial charge in [-0.2, -0.15) is 4.98 Å². The van der Waals surface area contributed by atoms with Gasteiger partial charge in [0.15, 0.2) is 17.3 Å². The first-order chi connectivity index (χ1) is 13.4. The second-order valence-electron chi connectivity index (χ2n) is 7.22. The number of hydrogen-bond acceptors (Lipinski definition) is 7. The van der Waals surface area contributed by atoms with Crippen LogP contribution in [0.3, 0.4) is 0 Å². The largest absolute Gasteiger partial charge is 0.493 e. The highest BCUT2D eigenvalue weighted by molar-refractivity contribution is 5.95. The van der Waals surface area contributed by atoms with Gasteiger partial charge in [-0.3, -0.25) is 9.69 Å². The number of nitrogens with zero attached hydrogens (tertiary/aromatic N) is 4. The normalized spacial score (nSPS) is 16.3. The second-order valence-corrected chi connectivity index (χ2v) is 7.22. The molecule has 3 rings (SSSR count). The molecule has 28 heavy (non-hydrogen) atoms. The zero-order valence-electron chi connectivity index (χ0n) is 17.1. The molecule has 2 aromatic rings. The van der Waals surface area contributed by atoms with E-state index < -0.39 is 0 Å². The van der Waals surface area contributed by atoms with Gasteiger partial charge in [0.25, 0.3) is 5.91 Å². The Morgan fingerprint density at radius 2 is 1.75 bits per heavy atom. The molecule has 0 radical (unpaired) electrons. The molecular formula is C20H28N4O4. The highest BCUT2D eigenvalue weighted by Gasteiger charge is 2.28. The summed E-state index contributed by atoms with van der Waals surface area (Å²) in [6, 6.07) is 5.28. The maximum absolute atomic E-state index is 12.9. The minimum absolute atomic E-state index is 0.00635. The quantitative estimate of drug-likeness (QED) is 0.752. The van der Waals surface area contributed by atoms with Crippen molar-refractivity contribution in [2.75, 3.05) is 40.4 Å². The van der Waals surface area contributed by atoms with Crippen molar-refractivity contribution in [1.29, 1.82) is 0 Å². The van der Waals surface area contributed by atoms with Crippen LogP contribution in [-0.4, -0.2) is 66.2 Å². The van der Waals surface area contributed by atoms with Crippen LogP contribution in [0.2, 0.25) is 0 Å². The highest BCUT2D eigenvalue weighted by atomic mass is 16.5. The summed E-state index contributed by atoms with van der Waals surface area (Å²) in [6.07, 6.45) is 0. The number of aromatic nitrogens is 2. The van der Waals surface area contributed by atoms with Crippen molar-refractivity contribution in [3.63, 3.8) is 0 Å². The molecule has 8 heteroatoms. The number of hydrogen-bond donors (Lipinski definition) is 0. The molecule has 1 amide bonds. The molecule has 1 aliphatic heterocycles. The van der Waals surface area contributed by atoms with E-state index >= 15 is 0 Å². The summed E-state index contributed by atoms with van der Waals surface area (Å²) in [5, 5.41) is 4.05. The molecule has 0 bridgehead atoms. The van der Waals surface area contributed by atoms with Crippen LogP contribution in [0.4, 0.5) is 0 Å². The smallest absolute Gasteiger partial charge is 0.254 e. The standard InChI is InChI=1S/C20H28N4O4/c1-13(2)18-21-19(28-22-18)14(3)23-8-10-24(11-9-23)20(25)15-6-7-16(26-4)17(12-15)27-5/h6-7,12-14H,8-11H2,1-5H3. The van der Waals surface area contributed by atoms with Crippen molar-refractivity contribution in [3.05, 3.63) is 35.5 Å². The van der Waals surface area contributed by atoms with Gasteiger partial charge < -0.3 is 18.9 Å². The zero-order chi connectivity index (χ0) is 20.3. The number of methoxy groups -OCH3 is 2. The fourth-order valence-corrected chi connectivity index (χ4v) is 3.27. The van der Waals surface area contributed by atoms with Crippen molar-refractivity contribution in [3.8, 4) is 11.5 Å². The van der Waals surface area contributed by atoms with Crippen molar-refractivity contribution in [2.45, 2.75) is 32.7 Å². The first-order valence-electron chi connectivity index (χ1n) is 9.53. The van der Waals surface area contributed by atoms with E-state index in [0.29, 0.717) is 36.0 Å². The molecule has 0 N–H and O–H groups in total. The SMILES string of the molecule is COc1ccc(C(=O)N2CCN(C(C)c3nc(C(C)C)no3)CC2)cc1OC. The van der Waals surface area contributed by atoms with Gasteiger partial charge in [0, 0.05) is 37.7 Å². The molecule has 1 aromatic carbocycles. The molecule has 1 aliphatic rings. The van der Waals surface area contributed by atoms with Crippen molar-refractivity contribution in [1.82, 2.24) is 19.9 Å². The van der Waals surface area contributed by atoms with Crippen molar-refractivity contribution >= 4 is 5.91 Å². The molecule has 8 nitrogen and oxygen atoms in total. The average molecular weight is 388 g/mol. The van der Waals surface area contributed by atoms with Gasteiger partial charge in [0.2, 0.25) is 5.89 Å². The summed E-state index contributed by atoms with van der Waals surface area (Å²) >= 11 is 0. The fourth-order valence-electron chi connectivity index (χ4n) is 3.27. The molecule has 2 heterocycles. The van der Waals surface area contributed by atoms with E-state index in [2.05, 4.69) is 22.0 Å². The summed E-state index contributed by atoms with van der Waals surface area (Å²) in [7, 11) is 3.14. The Hall–Kier alpha value is -2.61. The third-order valence-corrected chi connectivity index (χ3v) is 5.11. The van der Waals surface area contributed by atoms with Crippen LogP contribution in [0.5, 0.6) is 11.5 Å². The molecule has 1 atom stereocenters. The predicted octanol–water partition coefficient (Wildman–Crippen LogP) is 2.73. The summed E-state index contributed by atoms with van der Waals surface area (Å²) in [5.74, 6) is 2.75. The average Bonchev–Trinajstić information content (AvgIpc) is 3.23. The lowest BCUT2D eigenvalue weighted by atomic mass is 10.1. The lowest BCUT2D eigenvalue weighted by Crippen LogP contribution is -2.49. The lowest BCUT2D eigenvalue weighted by molar-refractivity contribution is 0.0551. The number of carbonyl (C=O) groups is 1. The summed E-state index contributed by atoms with van der Waals surface area (Å²) in [6.45, 7) is 8.92. The fraction of sp³-hybridized carbons (Fsp3) is 0.550. The molecule has 1 fully saturated rings. The van der Waals surface area contributed by atoms with Gasteiger partial charge in [0.05, 0.1) is 20.3 Å². The van der Waals surface area contributed by atoms with Crippen molar-refractivity contribution < 1.29 is 18.8 Å². The summed E-state index contributed by atoms with van der Waals surface area (Å²) in [5.41, 5.74) is 0.595. The lowest BCUT2D eigenvalue weighted by Gasteiger charge is -2.36. The van der Waals surface area contributed by atoms with E-state index in [-0.39, 0.29) is 17.9 Å². The first kappa shape index (κ1) is 20.1. The van der Waals surface area contributed by atoms with Gasteiger partial charge in [-0.05, 0) is 25.1 Å². The number of amides is 1. The molecule has 152 valence electrons. The van der Waals surface area contributed by atoms with Crippen LogP contribution >= 0.6 is 0 Å². The minimum atomic E-state index is -0.00635. The summed E-state index contributed by atoms with van der Waals surface area (Å²) < 4.78 is 16.0. The number of benzene rings is 1. The molecule has 0 spiro atoms. The molecule has 0 saturated carbocycles. The van der Waals surface area contributed by atoms with Crippen LogP contribution in [0, 0.1) is 0 Å². The number of piperazine rings is 1. The van der Waals surface area contributed by atoms with Gasteiger partial charge in [-0.1, -0.05) is 19.0 Å². The maximum Gasteiger partial charge on any atom is 0.254 e. The Balaban J connectivity index is 1.62. The molecule has 1 unspecified atom stereocenters. The Kier molecular flexibility index (Phi) is 6.18. The van der Waals surface area contributed by atoms with Crippen LogP contribution < -0.4 is 9.47 Å². The van der Waals surface area contributed by atoms with Gasteiger partial charge >= 0.3 is 0 Å². The number of ether oxygens (including phenoxy) is 2. The van der Waals surface area contributed by atoms with E-state index in [9.17, 15) is 4.79 Å². The zero-order valence-corrected chi connectivity index (χ0v) is 17.1. The van der Waals surface area contributed by atoms with E-state index in [0.717, 1.165) is 18.9 Å². The van der Waals surface area contributed by atoms with Gasteiger partial charge in [-0.15, -0.1) is 0 Å².